The second-order valence-electron chi connectivity index (χ2n) is 5.53. The van der Waals surface area contributed by atoms with Crippen LogP contribution in [-0.2, 0) is 14.2 Å². The van der Waals surface area contributed by atoms with Gasteiger partial charge < -0.3 is 55.1 Å². The van der Waals surface area contributed by atoms with Crippen LogP contribution < -0.4 is 0 Å². The Morgan fingerprint density at radius 3 is 1.83 bits per heavy atom. The van der Waals surface area contributed by atoms with Gasteiger partial charge in [-0.05, 0) is 0 Å². The Morgan fingerprint density at radius 1 is 0.652 bits per heavy atom. The maximum atomic E-state index is 9.94. The molecule has 2 saturated heterocycles. The average Bonchev–Trinajstić information content (AvgIpc) is 2.55. The molecule has 2 aliphatic rings. The van der Waals surface area contributed by atoms with Crippen LogP contribution in [0.3, 0.4) is 0 Å². The third-order valence-electron chi connectivity index (χ3n) is 3.98. The number of hydrogen-bond donors (Lipinski definition) is 8. The molecule has 8 N–H and O–H groups in total. The molecule has 2 fully saturated rings. The maximum absolute atomic E-state index is 9.94. The van der Waals surface area contributed by atoms with Crippen LogP contribution >= 0.6 is 0 Å². The van der Waals surface area contributed by atoms with E-state index in [9.17, 15) is 35.7 Å². The van der Waals surface area contributed by atoms with Gasteiger partial charge in [-0.25, -0.2) is 0 Å². The molecule has 11 nitrogen and oxygen atoms in total. The van der Waals surface area contributed by atoms with Crippen LogP contribution in [0.4, 0.5) is 0 Å². The second-order valence-corrected chi connectivity index (χ2v) is 5.53. The molecule has 0 aliphatic carbocycles. The van der Waals surface area contributed by atoms with Crippen molar-refractivity contribution in [1.29, 1.82) is 0 Å². The molecule has 2 rings (SSSR count). The molecule has 0 aromatic carbocycles. The second kappa shape index (κ2) is 7.63. The minimum absolute atomic E-state index is 0.667. The van der Waals surface area contributed by atoms with Crippen molar-refractivity contribution < 1.29 is 55.1 Å². The number of aliphatic hydroxyl groups is 8. The first-order valence-corrected chi connectivity index (χ1v) is 7.08. The van der Waals surface area contributed by atoms with E-state index in [4.69, 9.17) is 19.3 Å². The summed E-state index contributed by atoms with van der Waals surface area (Å²) in [5.41, 5.74) is 0. The summed E-state index contributed by atoms with van der Waals surface area (Å²) in [6, 6.07) is 0. The van der Waals surface area contributed by atoms with E-state index in [0.717, 1.165) is 0 Å². The van der Waals surface area contributed by atoms with Crippen molar-refractivity contribution in [2.45, 2.75) is 61.4 Å². The van der Waals surface area contributed by atoms with Crippen molar-refractivity contribution in [1.82, 2.24) is 0 Å². The van der Waals surface area contributed by atoms with Gasteiger partial charge in [0.15, 0.2) is 12.6 Å². The molecule has 10 atom stereocenters. The van der Waals surface area contributed by atoms with Gasteiger partial charge in [-0.2, -0.15) is 0 Å². The Balaban J connectivity index is 2.11. The molecule has 0 saturated carbocycles. The maximum Gasteiger partial charge on any atom is 0.187 e. The van der Waals surface area contributed by atoms with Gasteiger partial charge in [0.1, 0.15) is 48.8 Å². The van der Waals surface area contributed by atoms with E-state index in [1.165, 1.54) is 0 Å². The zero-order valence-corrected chi connectivity index (χ0v) is 12.0. The van der Waals surface area contributed by atoms with Crippen molar-refractivity contribution in [3.63, 3.8) is 0 Å². The molecule has 136 valence electrons. The fourth-order valence-electron chi connectivity index (χ4n) is 2.57. The highest BCUT2D eigenvalue weighted by molar-refractivity contribution is 4.93. The Bertz CT molecular complexity index is 378. The van der Waals surface area contributed by atoms with E-state index in [2.05, 4.69) is 0 Å². The SMILES string of the molecule is OCC1O[C@@H](O[C@@H]2C(CO)O[C@@H](O)C(O)C2O)[C@@H](O)C(O)[C@H]1O. The van der Waals surface area contributed by atoms with E-state index in [-0.39, 0.29) is 0 Å². The summed E-state index contributed by atoms with van der Waals surface area (Å²) in [6.45, 7) is -1.35. The minimum atomic E-state index is -1.74. The molecule has 0 aromatic rings. The first kappa shape index (κ1) is 18.9. The number of ether oxygens (including phenoxy) is 3. The fourth-order valence-corrected chi connectivity index (χ4v) is 2.57. The molecular weight excluding hydrogens is 320 g/mol. The number of rotatable bonds is 4. The number of aliphatic hydroxyl groups excluding tert-OH is 8. The van der Waals surface area contributed by atoms with Gasteiger partial charge in [0.25, 0.3) is 0 Å². The lowest BCUT2D eigenvalue weighted by Gasteiger charge is -2.45. The molecule has 0 spiro atoms. The quantitative estimate of drug-likeness (QED) is 0.243. The zero-order chi connectivity index (χ0) is 17.3. The lowest BCUT2D eigenvalue weighted by molar-refractivity contribution is -0.355. The summed E-state index contributed by atoms with van der Waals surface area (Å²) in [7, 11) is 0. The van der Waals surface area contributed by atoms with Gasteiger partial charge in [0.05, 0.1) is 13.2 Å². The molecule has 0 radical (unpaired) electrons. The van der Waals surface area contributed by atoms with Crippen molar-refractivity contribution in [2.75, 3.05) is 13.2 Å². The van der Waals surface area contributed by atoms with E-state index in [1.54, 1.807) is 0 Å². The topological polar surface area (TPSA) is 190 Å². The van der Waals surface area contributed by atoms with E-state index in [1.807, 2.05) is 0 Å². The van der Waals surface area contributed by atoms with Gasteiger partial charge in [0.2, 0.25) is 0 Å². The summed E-state index contributed by atoms with van der Waals surface area (Å²) < 4.78 is 15.3. The smallest absolute Gasteiger partial charge is 0.187 e. The zero-order valence-electron chi connectivity index (χ0n) is 12.0. The van der Waals surface area contributed by atoms with Gasteiger partial charge in [-0.3, -0.25) is 0 Å². The van der Waals surface area contributed by atoms with Crippen molar-refractivity contribution in [2.24, 2.45) is 0 Å². The van der Waals surface area contributed by atoms with Crippen LogP contribution in [0.25, 0.3) is 0 Å². The predicted octanol–water partition coefficient (Wildman–Crippen LogP) is -5.40. The third kappa shape index (κ3) is 3.65. The third-order valence-corrected chi connectivity index (χ3v) is 3.98. The van der Waals surface area contributed by atoms with Crippen LogP contribution in [0.5, 0.6) is 0 Å². The lowest BCUT2D eigenvalue weighted by Crippen LogP contribution is -2.64. The van der Waals surface area contributed by atoms with Crippen molar-refractivity contribution >= 4 is 0 Å². The summed E-state index contributed by atoms with van der Waals surface area (Å²) in [5, 5.41) is 76.5. The standard InChI is InChI=1S/C12H22O11/c13-1-3-5(15)6(16)9(19)12(22-3)23-10-4(2-14)21-11(20)8(18)7(10)17/h3-20H,1-2H2/t3?,4?,5-,6?,7?,8?,9-,10+,11+,12-/m0/s1. The predicted molar refractivity (Wildman–Crippen MR) is 68.6 cm³/mol. The Morgan fingerprint density at radius 2 is 1.26 bits per heavy atom. The largest absolute Gasteiger partial charge is 0.394 e. The van der Waals surface area contributed by atoms with E-state index >= 15 is 0 Å². The van der Waals surface area contributed by atoms with E-state index < -0.39 is 74.6 Å². The van der Waals surface area contributed by atoms with Gasteiger partial charge in [0, 0.05) is 0 Å². The normalized spacial score (nSPS) is 51.7. The summed E-state index contributed by atoms with van der Waals surface area (Å²) in [5.74, 6) is 0. The van der Waals surface area contributed by atoms with Crippen LogP contribution in [0.2, 0.25) is 0 Å². The molecule has 2 heterocycles. The highest BCUT2D eigenvalue weighted by Crippen LogP contribution is 2.28. The van der Waals surface area contributed by atoms with Crippen molar-refractivity contribution in [3.05, 3.63) is 0 Å². The molecule has 0 amide bonds. The van der Waals surface area contributed by atoms with Crippen LogP contribution in [0.15, 0.2) is 0 Å². The first-order chi connectivity index (χ1) is 10.8. The highest BCUT2D eigenvalue weighted by Gasteiger charge is 2.50. The Kier molecular flexibility index (Phi) is 6.27. The van der Waals surface area contributed by atoms with Crippen LogP contribution in [0.1, 0.15) is 0 Å². The Labute approximate surface area is 130 Å². The molecule has 0 bridgehead atoms. The lowest BCUT2D eigenvalue weighted by atomic mass is 9.97. The molecule has 11 heteroatoms. The van der Waals surface area contributed by atoms with Crippen LogP contribution in [-0.4, -0.2) is 115 Å². The van der Waals surface area contributed by atoms with Gasteiger partial charge in [-0.1, -0.05) is 0 Å². The molecule has 5 unspecified atom stereocenters. The number of hydrogen-bond acceptors (Lipinski definition) is 11. The fraction of sp³-hybridized carbons (Fsp3) is 1.00. The highest BCUT2D eigenvalue weighted by atomic mass is 16.7. The molecule has 0 aromatic heterocycles. The molecular formula is C12H22O11. The van der Waals surface area contributed by atoms with E-state index in [0.29, 0.717) is 0 Å². The van der Waals surface area contributed by atoms with Gasteiger partial charge in [-0.15, -0.1) is 0 Å². The monoisotopic (exact) mass is 342 g/mol. The molecule has 23 heavy (non-hydrogen) atoms. The molecule has 2 aliphatic heterocycles. The summed E-state index contributed by atoms with van der Waals surface area (Å²) in [6.07, 6.45) is -15.6. The van der Waals surface area contributed by atoms with Crippen LogP contribution in [0, 0.1) is 0 Å². The summed E-state index contributed by atoms with van der Waals surface area (Å²) in [4.78, 5) is 0. The minimum Gasteiger partial charge on any atom is -0.394 e. The summed E-state index contributed by atoms with van der Waals surface area (Å²) >= 11 is 0. The first-order valence-electron chi connectivity index (χ1n) is 7.08. The van der Waals surface area contributed by atoms with Gasteiger partial charge >= 0.3 is 0 Å². The Hall–Kier alpha value is -0.440. The average molecular weight is 342 g/mol. The van der Waals surface area contributed by atoms with Crippen molar-refractivity contribution in [3.8, 4) is 0 Å².